The minimum absolute atomic E-state index is 0.0917. The number of hydrogen-bond donors (Lipinski definition) is 1. The molecular weight excluding hydrogens is 278 g/mol. The molecule has 0 radical (unpaired) electrons. The molecule has 0 bridgehead atoms. The maximum Gasteiger partial charge on any atom is 0.161 e. The van der Waals surface area contributed by atoms with E-state index in [1.54, 1.807) is 7.11 Å². The molecule has 1 aromatic carbocycles. The van der Waals surface area contributed by atoms with Crippen LogP contribution < -0.4 is 15.2 Å². The zero-order valence-electron chi connectivity index (χ0n) is 11.7. The molecule has 0 aliphatic carbocycles. The van der Waals surface area contributed by atoms with Gasteiger partial charge in [0.2, 0.25) is 0 Å². The van der Waals surface area contributed by atoms with Crippen LogP contribution in [-0.4, -0.2) is 39.7 Å². The molecule has 0 aromatic heterocycles. The zero-order valence-corrected chi connectivity index (χ0v) is 12.5. The molecule has 1 aromatic rings. The summed E-state index contributed by atoms with van der Waals surface area (Å²) in [5.74, 6) is 1.44. The summed E-state index contributed by atoms with van der Waals surface area (Å²) in [6.45, 7) is 0.703. The number of aryl methyl sites for hydroxylation is 1. The fourth-order valence-electron chi connectivity index (χ4n) is 2.20. The average Bonchev–Trinajstić information content (AvgIpc) is 2.38. The molecule has 20 heavy (non-hydrogen) atoms. The second kappa shape index (κ2) is 6.45. The van der Waals surface area contributed by atoms with Gasteiger partial charge in [0.25, 0.3) is 0 Å². The van der Waals surface area contributed by atoms with Gasteiger partial charge in [0.05, 0.1) is 18.6 Å². The minimum Gasteiger partial charge on any atom is -0.493 e. The molecule has 1 aliphatic heterocycles. The second-order valence-electron chi connectivity index (χ2n) is 5.05. The lowest BCUT2D eigenvalue weighted by atomic mass is 10.1. The molecule has 0 atom stereocenters. The lowest BCUT2D eigenvalue weighted by Crippen LogP contribution is -2.45. The van der Waals surface area contributed by atoms with Crippen molar-refractivity contribution in [2.75, 3.05) is 25.2 Å². The number of nitrogens with two attached hydrogens (primary N) is 1. The van der Waals surface area contributed by atoms with Crippen LogP contribution in [0, 0.1) is 0 Å². The highest BCUT2D eigenvalue weighted by atomic mass is 32.2. The van der Waals surface area contributed by atoms with Crippen molar-refractivity contribution < 1.29 is 17.9 Å². The number of unbranched alkanes of at least 4 members (excludes halogenated alkanes) is 1. The molecule has 1 fully saturated rings. The van der Waals surface area contributed by atoms with Crippen LogP contribution in [0.5, 0.6) is 11.5 Å². The van der Waals surface area contributed by atoms with Gasteiger partial charge in [-0.25, -0.2) is 8.42 Å². The van der Waals surface area contributed by atoms with Crippen LogP contribution >= 0.6 is 0 Å². The first-order chi connectivity index (χ1) is 9.54. The van der Waals surface area contributed by atoms with Crippen molar-refractivity contribution in [3.63, 3.8) is 0 Å². The van der Waals surface area contributed by atoms with Gasteiger partial charge in [-0.2, -0.15) is 0 Å². The smallest absolute Gasteiger partial charge is 0.161 e. The van der Waals surface area contributed by atoms with E-state index in [2.05, 4.69) is 0 Å². The summed E-state index contributed by atoms with van der Waals surface area (Å²) in [5, 5.41) is 0. The van der Waals surface area contributed by atoms with Crippen LogP contribution in [-0.2, 0) is 16.3 Å². The fraction of sp³-hybridized carbons (Fsp3) is 0.571. The van der Waals surface area contributed by atoms with Gasteiger partial charge in [0.15, 0.2) is 21.3 Å². The lowest BCUT2D eigenvalue weighted by Gasteiger charge is -2.27. The predicted octanol–water partition coefficient (Wildman–Crippen LogP) is 1.15. The topological polar surface area (TPSA) is 78.6 Å². The van der Waals surface area contributed by atoms with Crippen LogP contribution in [0.4, 0.5) is 0 Å². The number of hydrogen-bond acceptors (Lipinski definition) is 5. The third-order valence-corrected chi connectivity index (χ3v) is 5.08. The summed E-state index contributed by atoms with van der Waals surface area (Å²) in [6, 6.07) is 5.78. The van der Waals surface area contributed by atoms with Crippen LogP contribution in [0.1, 0.15) is 18.4 Å². The molecule has 1 heterocycles. The summed E-state index contributed by atoms with van der Waals surface area (Å²) >= 11 is 0. The first kappa shape index (κ1) is 15.1. The summed E-state index contributed by atoms with van der Waals surface area (Å²) in [4.78, 5) is 0. The van der Waals surface area contributed by atoms with Gasteiger partial charge in [-0.15, -0.1) is 0 Å². The quantitative estimate of drug-likeness (QED) is 0.764. The van der Waals surface area contributed by atoms with Crippen molar-refractivity contribution in [1.82, 2.24) is 0 Å². The lowest BCUT2D eigenvalue weighted by molar-refractivity contribution is 0.219. The first-order valence-corrected chi connectivity index (χ1v) is 8.60. The highest BCUT2D eigenvalue weighted by molar-refractivity contribution is 7.92. The first-order valence-electron chi connectivity index (χ1n) is 6.78. The van der Waals surface area contributed by atoms with Crippen molar-refractivity contribution in [3.8, 4) is 11.5 Å². The van der Waals surface area contributed by atoms with E-state index >= 15 is 0 Å². The van der Waals surface area contributed by atoms with Crippen molar-refractivity contribution in [3.05, 3.63) is 23.8 Å². The number of sulfone groups is 1. The zero-order chi connectivity index (χ0) is 14.6. The normalized spacial score (nSPS) is 17.5. The molecule has 2 rings (SSSR count). The van der Waals surface area contributed by atoms with Crippen LogP contribution in [0.3, 0.4) is 0 Å². The average molecular weight is 299 g/mol. The van der Waals surface area contributed by atoms with Crippen molar-refractivity contribution in [1.29, 1.82) is 0 Å². The van der Waals surface area contributed by atoms with Crippen molar-refractivity contribution >= 4 is 9.84 Å². The Kier molecular flexibility index (Phi) is 4.88. The summed E-state index contributed by atoms with van der Waals surface area (Å²) in [6.07, 6.45) is 2.74. The van der Waals surface area contributed by atoms with E-state index in [4.69, 9.17) is 15.2 Å². The van der Waals surface area contributed by atoms with Gasteiger partial charge in [0.1, 0.15) is 6.10 Å². The molecule has 0 spiro atoms. The van der Waals surface area contributed by atoms with Crippen LogP contribution in [0.2, 0.25) is 0 Å². The monoisotopic (exact) mass is 299 g/mol. The maximum atomic E-state index is 11.1. The minimum atomic E-state index is -2.87. The Labute approximate surface area is 120 Å². The molecule has 0 unspecified atom stereocenters. The highest BCUT2D eigenvalue weighted by Gasteiger charge is 2.35. The molecular formula is C14H21NO4S. The molecule has 112 valence electrons. The number of rotatable bonds is 7. The molecule has 2 N–H and O–H groups in total. The van der Waals surface area contributed by atoms with Crippen molar-refractivity contribution in [2.24, 2.45) is 5.73 Å². The number of ether oxygens (including phenoxy) is 2. The van der Waals surface area contributed by atoms with E-state index in [9.17, 15) is 8.42 Å². The highest BCUT2D eigenvalue weighted by Crippen LogP contribution is 2.31. The standard InChI is InChI=1S/C14H21NO4S/c1-18-14-8-11(4-2-3-7-15)5-6-13(14)19-12-9-20(16,17)10-12/h5-6,8,12H,2-4,7,9-10,15H2,1H3. The van der Waals surface area contributed by atoms with E-state index in [0.29, 0.717) is 18.0 Å². The molecule has 0 amide bonds. The van der Waals surface area contributed by atoms with E-state index < -0.39 is 9.84 Å². The third kappa shape index (κ3) is 3.86. The molecule has 5 nitrogen and oxygen atoms in total. The summed E-state index contributed by atoms with van der Waals surface area (Å²) in [7, 11) is -1.28. The van der Waals surface area contributed by atoms with Gasteiger partial charge in [-0.1, -0.05) is 6.07 Å². The molecule has 0 saturated carbocycles. The van der Waals surface area contributed by atoms with Gasteiger partial charge in [-0.3, -0.25) is 0 Å². The predicted molar refractivity (Wildman–Crippen MR) is 78.1 cm³/mol. The SMILES string of the molecule is COc1cc(CCCCN)ccc1OC1CS(=O)(=O)C1. The Hall–Kier alpha value is -1.27. The largest absolute Gasteiger partial charge is 0.493 e. The van der Waals surface area contributed by atoms with E-state index in [-0.39, 0.29) is 17.6 Å². The van der Waals surface area contributed by atoms with Gasteiger partial charge >= 0.3 is 0 Å². The van der Waals surface area contributed by atoms with Crippen molar-refractivity contribution in [2.45, 2.75) is 25.4 Å². The molecule has 6 heteroatoms. The third-order valence-electron chi connectivity index (χ3n) is 3.32. The number of benzene rings is 1. The Morgan fingerprint density at radius 3 is 2.60 bits per heavy atom. The second-order valence-corrected chi connectivity index (χ2v) is 7.20. The van der Waals surface area contributed by atoms with Gasteiger partial charge in [-0.05, 0) is 43.5 Å². The summed E-state index contributed by atoms with van der Waals surface area (Å²) in [5.41, 5.74) is 6.65. The van der Waals surface area contributed by atoms with Crippen LogP contribution in [0.15, 0.2) is 18.2 Å². The Morgan fingerprint density at radius 2 is 2.00 bits per heavy atom. The van der Waals surface area contributed by atoms with E-state index in [0.717, 1.165) is 19.3 Å². The molecule has 1 saturated heterocycles. The van der Waals surface area contributed by atoms with E-state index in [1.807, 2.05) is 18.2 Å². The van der Waals surface area contributed by atoms with E-state index in [1.165, 1.54) is 5.56 Å². The maximum absolute atomic E-state index is 11.1. The van der Waals surface area contributed by atoms with Gasteiger partial charge in [0, 0.05) is 0 Å². The Morgan fingerprint density at radius 1 is 1.25 bits per heavy atom. The Balaban J connectivity index is 1.99. The molecule has 1 aliphatic rings. The van der Waals surface area contributed by atoms with Crippen LogP contribution in [0.25, 0.3) is 0 Å². The fourth-order valence-corrected chi connectivity index (χ4v) is 3.37. The number of methoxy groups -OCH3 is 1. The summed E-state index contributed by atoms with van der Waals surface area (Å²) < 4.78 is 33.2. The van der Waals surface area contributed by atoms with Gasteiger partial charge < -0.3 is 15.2 Å². The Bertz CT molecular complexity index is 544.